The Morgan fingerprint density at radius 2 is 1.58 bits per heavy atom. The molecule has 8 heteroatoms. The smallest absolute Gasteiger partial charge is 0.408 e. The first-order valence-corrected chi connectivity index (χ1v) is 11.1. The number of alkyl carbamates (subject to hydrolysis) is 1. The molecular weight excluding hydrogens is 509 g/mol. The van der Waals surface area contributed by atoms with E-state index in [0.29, 0.717) is 6.42 Å². The molecule has 0 fully saturated rings. The quantitative estimate of drug-likeness (QED) is 0.405. The van der Waals surface area contributed by atoms with Crippen LogP contribution in [-0.2, 0) is 27.4 Å². The summed E-state index contributed by atoms with van der Waals surface area (Å²) >= 11 is 2.19. The van der Waals surface area contributed by atoms with Crippen LogP contribution in [0.1, 0.15) is 31.4 Å². The highest BCUT2D eigenvalue weighted by Crippen LogP contribution is 2.11. The van der Waals surface area contributed by atoms with Crippen LogP contribution in [0.3, 0.4) is 0 Å². The van der Waals surface area contributed by atoms with Crippen molar-refractivity contribution in [3.63, 3.8) is 0 Å². The van der Waals surface area contributed by atoms with E-state index in [-0.39, 0.29) is 18.9 Å². The number of hydrogen-bond acceptors (Lipinski definition) is 4. The summed E-state index contributed by atoms with van der Waals surface area (Å²) in [5.41, 5.74) is 7.23. The van der Waals surface area contributed by atoms with Gasteiger partial charge in [0.05, 0.1) is 0 Å². The second-order valence-corrected chi connectivity index (χ2v) is 8.93. The number of amides is 3. The Morgan fingerprint density at radius 3 is 2.16 bits per heavy atom. The van der Waals surface area contributed by atoms with Crippen molar-refractivity contribution in [1.82, 2.24) is 10.6 Å². The number of primary amides is 1. The normalized spacial score (nSPS) is 12.6. The van der Waals surface area contributed by atoms with Crippen molar-refractivity contribution in [2.24, 2.45) is 11.7 Å². The van der Waals surface area contributed by atoms with Crippen LogP contribution in [0.25, 0.3) is 0 Å². The minimum Gasteiger partial charge on any atom is -0.445 e. The second-order valence-electron chi connectivity index (χ2n) is 7.68. The third-order valence-corrected chi connectivity index (χ3v) is 5.26. The van der Waals surface area contributed by atoms with E-state index in [2.05, 4.69) is 33.2 Å². The number of benzene rings is 2. The number of ether oxygens (including phenoxy) is 1. The molecule has 4 N–H and O–H groups in total. The van der Waals surface area contributed by atoms with E-state index in [1.807, 2.05) is 68.4 Å². The predicted molar refractivity (Wildman–Crippen MR) is 127 cm³/mol. The second kappa shape index (κ2) is 12.3. The SMILES string of the molecule is CC(C)C[C@H](NC(=O)OCc1ccccc1)C(=O)N[C@H](Cc1ccc(I)cc1)C(N)=O. The van der Waals surface area contributed by atoms with Gasteiger partial charge in [0, 0.05) is 9.99 Å². The van der Waals surface area contributed by atoms with Gasteiger partial charge in [-0.3, -0.25) is 9.59 Å². The topological polar surface area (TPSA) is 111 Å². The average Bonchev–Trinajstić information content (AvgIpc) is 2.73. The molecule has 0 radical (unpaired) electrons. The molecular formula is C23H28IN3O4. The van der Waals surface area contributed by atoms with Crippen LogP contribution >= 0.6 is 22.6 Å². The first kappa shape index (κ1) is 24.6. The molecule has 2 aromatic carbocycles. The summed E-state index contributed by atoms with van der Waals surface area (Å²) < 4.78 is 6.29. The van der Waals surface area contributed by atoms with Crippen molar-refractivity contribution >= 4 is 40.5 Å². The van der Waals surface area contributed by atoms with Crippen molar-refractivity contribution in [1.29, 1.82) is 0 Å². The van der Waals surface area contributed by atoms with Crippen molar-refractivity contribution in [3.05, 3.63) is 69.3 Å². The number of nitrogens with one attached hydrogen (secondary N) is 2. The minimum absolute atomic E-state index is 0.0966. The Hall–Kier alpha value is -2.62. The van der Waals surface area contributed by atoms with E-state index in [9.17, 15) is 14.4 Å². The zero-order chi connectivity index (χ0) is 22.8. The first-order valence-electron chi connectivity index (χ1n) is 10.1. The summed E-state index contributed by atoms with van der Waals surface area (Å²) in [6.45, 7) is 3.97. The van der Waals surface area contributed by atoms with Crippen LogP contribution < -0.4 is 16.4 Å². The van der Waals surface area contributed by atoms with Crippen LogP contribution in [-0.4, -0.2) is 30.0 Å². The molecule has 0 unspecified atom stereocenters. The maximum Gasteiger partial charge on any atom is 0.408 e. The van der Waals surface area contributed by atoms with Gasteiger partial charge in [0.1, 0.15) is 18.7 Å². The largest absolute Gasteiger partial charge is 0.445 e. The standard InChI is InChI=1S/C23H28IN3O4/c1-15(2)12-20(27-23(30)31-14-17-6-4-3-5-7-17)22(29)26-19(21(25)28)13-16-8-10-18(24)11-9-16/h3-11,15,19-20H,12-14H2,1-2H3,(H2,25,28)(H,26,29)(H,27,30)/t19-,20+/m1/s1. The van der Waals surface area contributed by atoms with E-state index in [1.165, 1.54) is 0 Å². The van der Waals surface area contributed by atoms with Gasteiger partial charge < -0.3 is 21.1 Å². The summed E-state index contributed by atoms with van der Waals surface area (Å²) in [5, 5.41) is 5.29. The van der Waals surface area contributed by atoms with Gasteiger partial charge in [-0.1, -0.05) is 56.3 Å². The fraction of sp³-hybridized carbons (Fsp3) is 0.348. The van der Waals surface area contributed by atoms with E-state index in [4.69, 9.17) is 10.5 Å². The van der Waals surface area contributed by atoms with Crippen molar-refractivity contribution in [2.75, 3.05) is 0 Å². The summed E-state index contributed by atoms with van der Waals surface area (Å²) in [7, 11) is 0. The zero-order valence-electron chi connectivity index (χ0n) is 17.6. The van der Waals surface area contributed by atoms with Crippen molar-refractivity contribution in [3.8, 4) is 0 Å². The van der Waals surface area contributed by atoms with Gasteiger partial charge in [0.15, 0.2) is 0 Å². The summed E-state index contributed by atoms with van der Waals surface area (Å²) in [5.74, 6) is -0.977. The van der Waals surface area contributed by atoms with Gasteiger partial charge in [0.25, 0.3) is 0 Å². The molecule has 3 amide bonds. The fourth-order valence-corrected chi connectivity index (χ4v) is 3.32. The molecule has 31 heavy (non-hydrogen) atoms. The minimum atomic E-state index is -0.885. The highest BCUT2D eigenvalue weighted by atomic mass is 127. The Labute approximate surface area is 196 Å². The van der Waals surface area contributed by atoms with E-state index in [1.54, 1.807) is 0 Å². The molecule has 0 heterocycles. The summed E-state index contributed by atoms with van der Waals surface area (Å²) in [6.07, 6.45) is -0.0375. The maximum atomic E-state index is 12.9. The molecule has 0 saturated carbocycles. The Kier molecular flexibility index (Phi) is 9.77. The van der Waals surface area contributed by atoms with Crippen LogP contribution in [0, 0.1) is 9.49 Å². The van der Waals surface area contributed by atoms with Crippen LogP contribution in [0.2, 0.25) is 0 Å². The maximum absolute atomic E-state index is 12.9. The third kappa shape index (κ3) is 8.95. The van der Waals surface area contributed by atoms with Gasteiger partial charge in [-0.2, -0.15) is 0 Å². The van der Waals surface area contributed by atoms with Gasteiger partial charge in [-0.25, -0.2) is 4.79 Å². The molecule has 2 atom stereocenters. The molecule has 2 rings (SSSR count). The van der Waals surface area contributed by atoms with Crippen LogP contribution in [0.4, 0.5) is 4.79 Å². The molecule has 0 aliphatic heterocycles. The number of carbonyl (C=O) groups excluding carboxylic acids is 3. The predicted octanol–water partition coefficient (Wildman–Crippen LogP) is 3.14. The molecule has 166 valence electrons. The summed E-state index contributed by atoms with van der Waals surface area (Å²) in [4.78, 5) is 37.0. The molecule has 2 aromatic rings. The van der Waals surface area contributed by atoms with Gasteiger partial charge >= 0.3 is 6.09 Å². The number of nitrogens with two attached hydrogens (primary N) is 1. The number of hydrogen-bond donors (Lipinski definition) is 3. The van der Waals surface area contributed by atoms with E-state index >= 15 is 0 Å². The fourth-order valence-electron chi connectivity index (χ4n) is 2.96. The lowest BCUT2D eigenvalue weighted by molar-refractivity contribution is -0.128. The lowest BCUT2D eigenvalue weighted by Crippen LogP contribution is -2.54. The molecule has 0 aliphatic rings. The van der Waals surface area contributed by atoms with Gasteiger partial charge in [0.2, 0.25) is 11.8 Å². The van der Waals surface area contributed by atoms with E-state index < -0.39 is 30.0 Å². The molecule has 0 aliphatic carbocycles. The highest BCUT2D eigenvalue weighted by molar-refractivity contribution is 14.1. The van der Waals surface area contributed by atoms with Gasteiger partial charge in [-0.15, -0.1) is 0 Å². The monoisotopic (exact) mass is 537 g/mol. The molecule has 0 bridgehead atoms. The molecule has 0 aromatic heterocycles. The number of carbonyl (C=O) groups is 3. The van der Waals surface area contributed by atoms with Crippen LogP contribution in [0.5, 0.6) is 0 Å². The Bertz CT molecular complexity index is 872. The molecule has 0 saturated heterocycles. The first-order chi connectivity index (χ1) is 14.7. The lowest BCUT2D eigenvalue weighted by atomic mass is 10.0. The average molecular weight is 537 g/mol. The number of rotatable bonds is 10. The van der Waals surface area contributed by atoms with Crippen LogP contribution in [0.15, 0.2) is 54.6 Å². The Morgan fingerprint density at radius 1 is 0.935 bits per heavy atom. The van der Waals surface area contributed by atoms with Crippen molar-refractivity contribution in [2.45, 2.75) is 45.4 Å². The third-order valence-electron chi connectivity index (χ3n) is 4.54. The molecule has 7 nitrogen and oxygen atoms in total. The van der Waals surface area contributed by atoms with E-state index in [0.717, 1.165) is 14.7 Å². The summed E-state index contributed by atoms with van der Waals surface area (Å²) in [6, 6.07) is 15.1. The highest BCUT2D eigenvalue weighted by Gasteiger charge is 2.27. The Balaban J connectivity index is 1.99. The number of halogens is 1. The van der Waals surface area contributed by atoms with Gasteiger partial charge in [-0.05, 0) is 58.2 Å². The zero-order valence-corrected chi connectivity index (χ0v) is 19.8. The lowest BCUT2D eigenvalue weighted by Gasteiger charge is -2.23. The van der Waals surface area contributed by atoms with Crippen molar-refractivity contribution < 1.29 is 19.1 Å². The molecule has 0 spiro atoms.